The van der Waals surface area contributed by atoms with Gasteiger partial charge in [0.05, 0.1) is 0 Å². The first-order valence-electron chi connectivity index (χ1n) is 11.2. The predicted octanol–water partition coefficient (Wildman–Crippen LogP) is 5.31. The molecule has 0 saturated heterocycles. The van der Waals surface area contributed by atoms with Crippen LogP contribution in [0, 0.1) is 6.92 Å². The van der Waals surface area contributed by atoms with Crippen molar-refractivity contribution in [1.29, 1.82) is 0 Å². The van der Waals surface area contributed by atoms with Gasteiger partial charge in [0.25, 0.3) is 5.97 Å². The Morgan fingerprint density at radius 1 is 1.06 bits per heavy atom. The summed E-state index contributed by atoms with van der Waals surface area (Å²) in [6.07, 6.45) is 8.93. The SMILES string of the molecule is CCCCCCCC[B]OC(=O)CCc1cc(C)c(O)c(-n2nc3ccccc3n2)c1. The van der Waals surface area contributed by atoms with Gasteiger partial charge < -0.3 is 9.76 Å². The van der Waals surface area contributed by atoms with Gasteiger partial charge in [0, 0.05) is 6.42 Å². The van der Waals surface area contributed by atoms with Crippen LogP contribution in [-0.4, -0.2) is 33.6 Å². The molecule has 0 saturated carbocycles. The molecular formula is C24H31BN3O3. The van der Waals surface area contributed by atoms with Crippen LogP contribution < -0.4 is 0 Å². The number of unbranched alkanes of at least 4 members (excludes halogenated alkanes) is 5. The number of carbonyl (C=O) groups is 1. The lowest BCUT2D eigenvalue weighted by Crippen LogP contribution is -2.10. The second kappa shape index (κ2) is 11.5. The molecule has 0 fully saturated rings. The number of aromatic nitrogens is 3. The predicted molar refractivity (Wildman–Crippen MR) is 124 cm³/mol. The number of benzene rings is 2. The van der Waals surface area contributed by atoms with Gasteiger partial charge in [-0.1, -0.05) is 63.6 Å². The van der Waals surface area contributed by atoms with Crippen LogP contribution in [0.25, 0.3) is 16.7 Å². The molecule has 31 heavy (non-hydrogen) atoms. The molecule has 0 aliphatic rings. The summed E-state index contributed by atoms with van der Waals surface area (Å²) in [7, 11) is 1.63. The Bertz CT molecular complexity index is 970. The molecule has 3 aromatic rings. The van der Waals surface area contributed by atoms with Crippen LogP contribution in [0.5, 0.6) is 5.75 Å². The minimum atomic E-state index is -0.235. The Kier molecular flexibility index (Phi) is 8.50. The smallest absolute Gasteiger partial charge is 0.373 e. The van der Waals surface area contributed by atoms with Crippen LogP contribution in [0.4, 0.5) is 0 Å². The first kappa shape index (κ1) is 22.9. The van der Waals surface area contributed by atoms with Gasteiger partial charge in [-0.15, -0.1) is 15.0 Å². The normalized spacial score (nSPS) is 11.0. The van der Waals surface area contributed by atoms with Crippen LogP contribution in [0.2, 0.25) is 6.32 Å². The van der Waals surface area contributed by atoms with Crippen molar-refractivity contribution in [2.24, 2.45) is 0 Å². The molecule has 7 heteroatoms. The van der Waals surface area contributed by atoms with E-state index in [9.17, 15) is 9.90 Å². The molecule has 163 valence electrons. The van der Waals surface area contributed by atoms with Gasteiger partial charge in [0.2, 0.25) is 0 Å². The van der Waals surface area contributed by atoms with Gasteiger partial charge in [-0.3, -0.25) is 4.79 Å². The number of phenols is 1. The van der Waals surface area contributed by atoms with Crippen LogP contribution in [0.1, 0.15) is 63.0 Å². The summed E-state index contributed by atoms with van der Waals surface area (Å²) in [5.41, 5.74) is 3.68. The second-order valence-electron chi connectivity index (χ2n) is 7.97. The number of nitrogens with zero attached hydrogens (tertiary/aromatic N) is 3. The molecular weight excluding hydrogens is 389 g/mol. The average molecular weight is 420 g/mol. The van der Waals surface area contributed by atoms with Crippen molar-refractivity contribution in [3.8, 4) is 11.4 Å². The Hall–Kier alpha value is -2.83. The number of rotatable bonds is 12. The van der Waals surface area contributed by atoms with Crippen molar-refractivity contribution >= 4 is 24.5 Å². The molecule has 0 atom stereocenters. The van der Waals surface area contributed by atoms with Crippen LogP contribution in [0.15, 0.2) is 36.4 Å². The quantitative estimate of drug-likeness (QED) is 0.318. The fourth-order valence-corrected chi connectivity index (χ4v) is 3.56. The van der Waals surface area contributed by atoms with Crippen LogP contribution in [0.3, 0.4) is 0 Å². The molecule has 0 unspecified atom stereocenters. The van der Waals surface area contributed by atoms with Crippen LogP contribution in [-0.2, 0) is 15.9 Å². The average Bonchev–Trinajstić information content (AvgIpc) is 3.20. The van der Waals surface area contributed by atoms with E-state index in [-0.39, 0.29) is 18.1 Å². The lowest BCUT2D eigenvalue weighted by Gasteiger charge is -2.10. The summed E-state index contributed by atoms with van der Waals surface area (Å²) < 4.78 is 5.26. The number of carbonyl (C=O) groups excluding carboxylic acids is 1. The number of phenolic OH excluding ortho intramolecular Hbond substituents is 1. The van der Waals surface area contributed by atoms with Gasteiger partial charge >= 0.3 is 7.48 Å². The Balaban J connectivity index is 1.51. The van der Waals surface area contributed by atoms with Crippen molar-refractivity contribution in [3.63, 3.8) is 0 Å². The molecule has 1 radical (unpaired) electrons. The topological polar surface area (TPSA) is 77.2 Å². The minimum absolute atomic E-state index is 0.138. The van der Waals surface area contributed by atoms with Crippen molar-refractivity contribution in [3.05, 3.63) is 47.5 Å². The Morgan fingerprint density at radius 2 is 1.74 bits per heavy atom. The Morgan fingerprint density at radius 3 is 2.45 bits per heavy atom. The first-order chi connectivity index (χ1) is 15.1. The van der Waals surface area contributed by atoms with E-state index in [1.165, 1.54) is 36.9 Å². The van der Waals surface area contributed by atoms with Gasteiger partial charge in [-0.2, -0.15) is 0 Å². The lowest BCUT2D eigenvalue weighted by atomic mass is 9.90. The van der Waals surface area contributed by atoms with Gasteiger partial charge in [0.15, 0.2) is 0 Å². The third-order valence-corrected chi connectivity index (χ3v) is 5.35. The third kappa shape index (κ3) is 6.58. The van der Waals surface area contributed by atoms with E-state index in [1.807, 2.05) is 43.3 Å². The molecule has 0 amide bonds. The second-order valence-corrected chi connectivity index (χ2v) is 7.97. The molecule has 0 aliphatic carbocycles. The molecule has 0 aliphatic heterocycles. The number of hydrogen-bond donors (Lipinski definition) is 1. The zero-order chi connectivity index (χ0) is 22.1. The monoisotopic (exact) mass is 420 g/mol. The fraction of sp³-hybridized carbons (Fsp3) is 0.458. The first-order valence-corrected chi connectivity index (χ1v) is 11.2. The van der Waals surface area contributed by atoms with E-state index in [1.54, 1.807) is 7.48 Å². The maximum Gasteiger partial charge on any atom is 0.373 e. The number of fused-ring (bicyclic) bond motifs is 1. The van der Waals surface area contributed by atoms with Crippen molar-refractivity contribution < 1.29 is 14.6 Å². The van der Waals surface area contributed by atoms with Crippen molar-refractivity contribution in [1.82, 2.24) is 15.0 Å². The maximum atomic E-state index is 12.1. The summed E-state index contributed by atoms with van der Waals surface area (Å²) >= 11 is 0. The molecule has 6 nitrogen and oxygen atoms in total. The van der Waals surface area contributed by atoms with Gasteiger partial charge in [0.1, 0.15) is 22.5 Å². The van der Waals surface area contributed by atoms with E-state index in [0.29, 0.717) is 12.1 Å². The molecule has 3 rings (SSSR count). The van der Waals surface area contributed by atoms with E-state index in [4.69, 9.17) is 4.65 Å². The Labute approximate surface area is 184 Å². The highest BCUT2D eigenvalue weighted by atomic mass is 16.5. The number of aromatic hydroxyl groups is 1. The summed E-state index contributed by atoms with van der Waals surface area (Å²) in [5, 5.41) is 19.4. The van der Waals surface area contributed by atoms with E-state index in [2.05, 4.69) is 17.1 Å². The molecule has 1 N–H and O–H groups in total. The summed E-state index contributed by atoms with van der Waals surface area (Å²) in [6.45, 7) is 4.04. The maximum absolute atomic E-state index is 12.1. The van der Waals surface area contributed by atoms with E-state index < -0.39 is 0 Å². The highest BCUT2D eigenvalue weighted by Gasteiger charge is 2.14. The summed E-state index contributed by atoms with van der Waals surface area (Å²) in [5.74, 6) is -0.0971. The fourth-order valence-electron chi connectivity index (χ4n) is 3.56. The molecule has 0 spiro atoms. The highest BCUT2D eigenvalue weighted by Crippen LogP contribution is 2.28. The van der Waals surface area contributed by atoms with E-state index >= 15 is 0 Å². The number of hydrogen-bond acceptors (Lipinski definition) is 5. The highest BCUT2D eigenvalue weighted by molar-refractivity contribution is 6.30. The molecule has 1 heterocycles. The van der Waals surface area contributed by atoms with Crippen molar-refractivity contribution in [2.45, 2.75) is 71.5 Å². The molecule has 0 bridgehead atoms. The van der Waals surface area contributed by atoms with Gasteiger partial charge in [-0.05, 0) is 49.0 Å². The standard InChI is InChI=1S/C24H31BN3O3/c1-3-4-5-6-7-10-15-25-31-23(29)14-13-19-16-18(2)24(30)22(17-19)28-26-20-11-8-9-12-21(20)27-28/h8-9,11-12,16-17,30H,3-7,10,13-15H2,1-2H3. The van der Waals surface area contributed by atoms with E-state index in [0.717, 1.165) is 34.9 Å². The third-order valence-electron chi connectivity index (χ3n) is 5.35. The van der Waals surface area contributed by atoms with Gasteiger partial charge in [-0.25, -0.2) is 0 Å². The molecule has 2 aromatic carbocycles. The minimum Gasteiger partial charge on any atom is -0.539 e. The largest absolute Gasteiger partial charge is 0.539 e. The lowest BCUT2D eigenvalue weighted by molar-refractivity contribution is -0.134. The number of aryl methyl sites for hydroxylation is 2. The van der Waals surface area contributed by atoms with Crippen LogP contribution >= 0.6 is 0 Å². The van der Waals surface area contributed by atoms with Crippen molar-refractivity contribution in [2.75, 3.05) is 0 Å². The zero-order valence-corrected chi connectivity index (χ0v) is 18.5. The summed E-state index contributed by atoms with van der Waals surface area (Å²) in [4.78, 5) is 13.5. The zero-order valence-electron chi connectivity index (χ0n) is 18.5. The molecule has 1 aromatic heterocycles. The summed E-state index contributed by atoms with van der Waals surface area (Å²) in [6, 6.07) is 11.3.